The van der Waals surface area contributed by atoms with E-state index in [2.05, 4.69) is 37.9 Å². The van der Waals surface area contributed by atoms with Crippen molar-refractivity contribution in [3.63, 3.8) is 0 Å². The Hall–Kier alpha value is -0.0800. The summed E-state index contributed by atoms with van der Waals surface area (Å²) in [5, 5.41) is 3.64. The molecule has 2 rings (SSSR count). The van der Waals surface area contributed by atoms with E-state index < -0.39 is 0 Å². The summed E-state index contributed by atoms with van der Waals surface area (Å²) >= 11 is 0. The summed E-state index contributed by atoms with van der Waals surface area (Å²) in [6, 6.07) is 2.19. The lowest BCUT2D eigenvalue weighted by atomic mass is 9.78. The summed E-state index contributed by atoms with van der Waals surface area (Å²) in [7, 11) is 0. The second-order valence-electron chi connectivity index (χ2n) is 6.75. The van der Waals surface area contributed by atoms with E-state index in [1.165, 1.54) is 38.8 Å². The molecule has 2 nitrogen and oxygen atoms in total. The minimum atomic E-state index is 0.665. The Labute approximate surface area is 107 Å². The van der Waals surface area contributed by atoms with Gasteiger partial charge >= 0.3 is 0 Å². The molecule has 1 saturated carbocycles. The van der Waals surface area contributed by atoms with E-state index >= 15 is 0 Å². The fraction of sp³-hybridized carbons (Fsp3) is 1.00. The lowest BCUT2D eigenvalue weighted by Crippen LogP contribution is -2.57. The van der Waals surface area contributed by atoms with Crippen LogP contribution >= 0.6 is 0 Å². The molecule has 17 heavy (non-hydrogen) atoms. The van der Waals surface area contributed by atoms with Crippen LogP contribution < -0.4 is 5.32 Å². The predicted molar refractivity (Wildman–Crippen MR) is 74.2 cm³/mol. The monoisotopic (exact) mass is 238 g/mol. The first-order valence-electron chi connectivity index (χ1n) is 7.56. The quantitative estimate of drug-likeness (QED) is 0.796. The molecule has 1 heterocycles. The van der Waals surface area contributed by atoms with Gasteiger partial charge in [0, 0.05) is 31.2 Å². The van der Waals surface area contributed by atoms with E-state index in [9.17, 15) is 0 Å². The number of hydrogen-bond donors (Lipinski definition) is 1. The summed E-state index contributed by atoms with van der Waals surface area (Å²) < 4.78 is 0. The molecule has 100 valence electrons. The maximum absolute atomic E-state index is 3.64. The SMILES string of the molecule is CC1CN(C2CCCC(C(C)C)C2)CC(C)N1. The molecule has 0 aromatic rings. The van der Waals surface area contributed by atoms with E-state index in [1.54, 1.807) is 0 Å². The van der Waals surface area contributed by atoms with E-state index in [0.717, 1.165) is 17.9 Å². The van der Waals surface area contributed by atoms with E-state index in [4.69, 9.17) is 0 Å². The third kappa shape index (κ3) is 3.45. The molecule has 2 aliphatic rings. The van der Waals surface area contributed by atoms with Gasteiger partial charge in [-0.1, -0.05) is 26.7 Å². The molecule has 4 atom stereocenters. The van der Waals surface area contributed by atoms with Gasteiger partial charge in [0.1, 0.15) is 0 Å². The van der Waals surface area contributed by atoms with E-state index in [-0.39, 0.29) is 0 Å². The highest BCUT2D eigenvalue weighted by molar-refractivity contribution is 4.88. The Morgan fingerprint density at radius 1 is 1.06 bits per heavy atom. The van der Waals surface area contributed by atoms with Crippen molar-refractivity contribution in [2.45, 2.75) is 71.5 Å². The normalized spacial score (nSPS) is 40.8. The zero-order valence-corrected chi connectivity index (χ0v) is 12.1. The topological polar surface area (TPSA) is 15.3 Å². The van der Waals surface area contributed by atoms with Crippen LogP contribution in [0.3, 0.4) is 0 Å². The van der Waals surface area contributed by atoms with Gasteiger partial charge in [0.05, 0.1) is 0 Å². The highest BCUT2D eigenvalue weighted by Gasteiger charge is 2.31. The van der Waals surface area contributed by atoms with Crippen LogP contribution in [-0.4, -0.2) is 36.1 Å². The van der Waals surface area contributed by atoms with Crippen molar-refractivity contribution in [3.8, 4) is 0 Å². The van der Waals surface area contributed by atoms with Crippen LogP contribution in [0.5, 0.6) is 0 Å². The third-order valence-corrected chi connectivity index (χ3v) is 4.73. The molecule has 1 aliphatic heterocycles. The lowest BCUT2D eigenvalue weighted by Gasteiger charge is -2.44. The number of hydrogen-bond acceptors (Lipinski definition) is 2. The van der Waals surface area contributed by atoms with E-state index in [1.807, 2.05) is 0 Å². The number of piperazine rings is 1. The summed E-state index contributed by atoms with van der Waals surface area (Å²) in [4.78, 5) is 2.76. The average molecular weight is 238 g/mol. The van der Waals surface area contributed by atoms with Crippen molar-refractivity contribution in [3.05, 3.63) is 0 Å². The van der Waals surface area contributed by atoms with Crippen LogP contribution in [0.2, 0.25) is 0 Å². The van der Waals surface area contributed by atoms with Gasteiger partial charge in [-0.2, -0.15) is 0 Å². The van der Waals surface area contributed by atoms with Crippen LogP contribution in [0.4, 0.5) is 0 Å². The van der Waals surface area contributed by atoms with Crippen LogP contribution in [0.15, 0.2) is 0 Å². The maximum Gasteiger partial charge on any atom is 0.0169 e. The first kappa shape index (κ1) is 13.4. The van der Waals surface area contributed by atoms with Crippen molar-refractivity contribution < 1.29 is 0 Å². The number of rotatable bonds is 2. The van der Waals surface area contributed by atoms with Crippen LogP contribution in [-0.2, 0) is 0 Å². The number of nitrogens with one attached hydrogen (secondary N) is 1. The molecule has 2 heteroatoms. The highest BCUT2D eigenvalue weighted by Crippen LogP contribution is 2.33. The van der Waals surface area contributed by atoms with E-state index in [0.29, 0.717) is 12.1 Å². The first-order chi connectivity index (χ1) is 8.06. The zero-order valence-electron chi connectivity index (χ0n) is 12.1. The van der Waals surface area contributed by atoms with Gasteiger partial charge in [-0.05, 0) is 38.5 Å². The maximum atomic E-state index is 3.64. The smallest absolute Gasteiger partial charge is 0.0169 e. The van der Waals surface area contributed by atoms with Gasteiger partial charge < -0.3 is 5.32 Å². The van der Waals surface area contributed by atoms with Crippen LogP contribution in [0, 0.1) is 11.8 Å². The van der Waals surface area contributed by atoms with Crippen molar-refractivity contribution in [1.29, 1.82) is 0 Å². The van der Waals surface area contributed by atoms with Crippen LogP contribution in [0.1, 0.15) is 53.4 Å². The minimum Gasteiger partial charge on any atom is -0.309 e. The molecular formula is C15H30N2. The summed E-state index contributed by atoms with van der Waals surface area (Å²) in [6.07, 6.45) is 5.78. The molecule has 1 saturated heterocycles. The fourth-order valence-electron chi connectivity index (χ4n) is 3.81. The van der Waals surface area contributed by atoms with Crippen LogP contribution in [0.25, 0.3) is 0 Å². The van der Waals surface area contributed by atoms with Crippen molar-refractivity contribution in [2.24, 2.45) is 11.8 Å². The van der Waals surface area contributed by atoms with Crippen molar-refractivity contribution >= 4 is 0 Å². The summed E-state index contributed by atoms with van der Waals surface area (Å²) in [5.41, 5.74) is 0. The molecule has 0 aromatic carbocycles. The molecule has 0 bridgehead atoms. The standard InChI is InChI=1S/C15H30N2/c1-11(2)14-6-5-7-15(8-14)17-9-12(3)16-13(4)10-17/h11-16H,5-10H2,1-4H3. The third-order valence-electron chi connectivity index (χ3n) is 4.73. The van der Waals surface area contributed by atoms with Gasteiger partial charge in [0.25, 0.3) is 0 Å². The van der Waals surface area contributed by atoms with Crippen molar-refractivity contribution in [2.75, 3.05) is 13.1 Å². The van der Waals surface area contributed by atoms with Gasteiger partial charge in [-0.3, -0.25) is 4.90 Å². The molecule has 0 aromatic heterocycles. The van der Waals surface area contributed by atoms with Gasteiger partial charge in [-0.15, -0.1) is 0 Å². The van der Waals surface area contributed by atoms with Gasteiger partial charge in [-0.25, -0.2) is 0 Å². The summed E-state index contributed by atoms with van der Waals surface area (Å²) in [5.74, 6) is 1.84. The summed E-state index contributed by atoms with van der Waals surface area (Å²) in [6.45, 7) is 11.9. The van der Waals surface area contributed by atoms with Gasteiger partial charge in [0.2, 0.25) is 0 Å². The molecular weight excluding hydrogens is 208 g/mol. The molecule has 0 amide bonds. The molecule has 1 N–H and O–H groups in total. The molecule has 2 fully saturated rings. The lowest BCUT2D eigenvalue weighted by molar-refractivity contribution is 0.0734. The second-order valence-corrected chi connectivity index (χ2v) is 6.75. The fourth-order valence-corrected chi connectivity index (χ4v) is 3.81. The Balaban J connectivity index is 1.92. The average Bonchev–Trinajstić information content (AvgIpc) is 2.28. The predicted octanol–water partition coefficient (Wildman–Crippen LogP) is 2.88. The zero-order chi connectivity index (χ0) is 12.4. The highest BCUT2D eigenvalue weighted by atomic mass is 15.2. The molecule has 0 radical (unpaired) electrons. The molecule has 4 unspecified atom stereocenters. The van der Waals surface area contributed by atoms with Crippen molar-refractivity contribution in [1.82, 2.24) is 10.2 Å². The Morgan fingerprint density at radius 3 is 2.29 bits per heavy atom. The molecule has 0 spiro atoms. The number of nitrogens with zero attached hydrogens (tertiary/aromatic N) is 1. The Bertz CT molecular complexity index is 229. The first-order valence-corrected chi connectivity index (χ1v) is 7.56. The largest absolute Gasteiger partial charge is 0.309 e. The minimum absolute atomic E-state index is 0.665. The second kappa shape index (κ2) is 5.71. The Morgan fingerprint density at radius 2 is 1.71 bits per heavy atom. The Kier molecular flexibility index (Phi) is 4.48. The van der Waals surface area contributed by atoms with Gasteiger partial charge in [0.15, 0.2) is 0 Å². The molecule has 1 aliphatic carbocycles.